The first-order valence-corrected chi connectivity index (χ1v) is 5.98. The number of aryl methyl sites for hydroxylation is 1. The van der Waals surface area contributed by atoms with Gasteiger partial charge >= 0.3 is 0 Å². The lowest BCUT2D eigenvalue weighted by Gasteiger charge is -2.17. The molecule has 1 rings (SSSR count). The highest BCUT2D eigenvalue weighted by molar-refractivity contribution is 5.77. The van der Waals surface area contributed by atoms with Gasteiger partial charge in [-0.3, -0.25) is 4.79 Å². The fourth-order valence-electron chi connectivity index (χ4n) is 1.32. The molecule has 17 heavy (non-hydrogen) atoms. The molecular formula is C14H21NO2. The fourth-order valence-corrected chi connectivity index (χ4v) is 1.32. The van der Waals surface area contributed by atoms with E-state index in [2.05, 4.69) is 19.2 Å². The molecule has 1 aromatic carbocycles. The Hall–Kier alpha value is -1.51. The first kappa shape index (κ1) is 13.6. The minimum absolute atomic E-state index is 0.0713. The smallest absolute Gasteiger partial charge is 0.258 e. The summed E-state index contributed by atoms with van der Waals surface area (Å²) in [6.45, 7) is 8.18. The Balaban J connectivity index is 2.41. The first-order valence-electron chi connectivity index (χ1n) is 5.98. The van der Waals surface area contributed by atoms with Crippen molar-refractivity contribution in [1.29, 1.82) is 0 Å². The zero-order valence-corrected chi connectivity index (χ0v) is 11.0. The molecule has 0 bridgehead atoms. The SMILES string of the molecule is Cc1ccccc1OCC(=O)NC(C)C(C)C. The van der Waals surface area contributed by atoms with Crippen LogP contribution in [0.4, 0.5) is 0 Å². The summed E-state index contributed by atoms with van der Waals surface area (Å²) in [6, 6.07) is 7.85. The van der Waals surface area contributed by atoms with E-state index in [1.54, 1.807) is 0 Å². The number of rotatable bonds is 5. The number of amides is 1. The summed E-state index contributed by atoms with van der Waals surface area (Å²) in [6.07, 6.45) is 0. The van der Waals surface area contributed by atoms with E-state index in [0.717, 1.165) is 11.3 Å². The van der Waals surface area contributed by atoms with Crippen LogP contribution in [-0.4, -0.2) is 18.6 Å². The van der Waals surface area contributed by atoms with Gasteiger partial charge in [0, 0.05) is 6.04 Å². The maximum atomic E-state index is 11.6. The van der Waals surface area contributed by atoms with E-state index in [4.69, 9.17) is 4.74 Å². The largest absolute Gasteiger partial charge is 0.484 e. The van der Waals surface area contributed by atoms with Crippen molar-refractivity contribution < 1.29 is 9.53 Å². The molecule has 1 atom stereocenters. The Bertz CT molecular complexity index is 374. The van der Waals surface area contributed by atoms with Gasteiger partial charge in [0.25, 0.3) is 5.91 Å². The minimum atomic E-state index is -0.0746. The summed E-state index contributed by atoms with van der Waals surface area (Å²) in [4.78, 5) is 11.6. The summed E-state index contributed by atoms with van der Waals surface area (Å²) in [5.74, 6) is 1.12. The molecular weight excluding hydrogens is 214 g/mol. The summed E-state index contributed by atoms with van der Waals surface area (Å²) in [5.41, 5.74) is 1.04. The molecule has 0 spiro atoms. The maximum Gasteiger partial charge on any atom is 0.258 e. The van der Waals surface area contributed by atoms with Gasteiger partial charge in [-0.05, 0) is 31.4 Å². The van der Waals surface area contributed by atoms with Crippen LogP contribution in [0.5, 0.6) is 5.75 Å². The molecule has 0 heterocycles. The predicted octanol–water partition coefficient (Wildman–Crippen LogP) is 2.53. The Morgan fingerprint density at radius 3 is 2.53 bits per heavy atom. The van der Waals surface area contributed by atoms with Gasteiger partial charge in [-0.1, -0.05) is 32.0 Å². The Kier molecular flexibility index (Phi) is 5.01. The summed E-state index contributed by atoms with van der Waals surface area (Å²) in [7, 11) is 0. The molecule has 0 radical (unpaired) electrons. The van der Waals surface area contributed by atoms with Crippen molar-refractivity contribution in [2.24, 2.45) is 5.92 Å². The fraction of sp³-hybridized carbons (Fsp3) is 0.500. The van der Waals surface area contributed by atoms with Crippen LogP contribution in [0.15, 0.2) is 24.3 Å². The third-order valence-electron chi connectivity index (χ3n) is 2.84. The zero-order chi connectivity index (χ0) is 12.8. The highest BCUT2D eigenvalue weighted by atomic mass is 16.5. The Morgan fingerprint density at radius 1 is 1.29 bits per heavy atom. The summed E-state index contributed by atoms with van der Waals surface area (Å²) in [5, 5.41) is 2.91. The summed E-state index contributed by atoms with van der Waals surface area (Å²) < 4.78 is 5.47. The van der Waals surface area contributed by atoms with E-state index in [9.17, 15) is 4.79 Å². The molecule has 1 unspecified atom stereocenters. The molecule has 1 N–H and O–H groups in total. The molecule has 0 saturated carbocycles. The lowest BCUT2D eigenvalue weighted by molar-refractivity contribution is -0.124. The van der Waals surface area contributed by atoms with Crippen molar-refractivity contribution in [3.8, 4) is 5.75 Å². The van der Waals surface area contributed by atoms with Gasteiger partial charge in [0.1, 0.15) is 5.75 Å². The van der Waals surface area contributed by atoms with E-state index in [1.807, 2.05) is 38.1 Å². The van der Waals surface area contributed by atoms with Gasteiger partial charge in [0.15, 0.2) is 6.61 Å². The number of nitrogens with one attached hydrogen (secondary N) is 1. The summed E-state index contributed by atoms with van der Waals surface area (Å²) >= 11 is 0. The second-order valence-electron chi connectivity index (χ2n) is 4.65. The number of benzene rings is 1. The number of para-hydroxylation sites is 1. The molecule has 0 aliphatic heterocycles. The van der Waals surface area contributed by atoms with Gasteiger partial charge in [-0.15, -0.1) is 0 Å². The molecule has 0 saturated heterocycles. The van der Waals surface area contributed by atoms with Crippen LogP contribution in [0.1, 0.15) is 26.3 Å². The Labute approximate surface area is 103 Å². The highest BCUT2D eigenvalue weighted by Gasteiger charge is 2.11. The lowest BCUT2D eigenvalue weighted by Crippen LogP contribution is -2.39. The standard InChI is InChI=1S/C14H21NO2/c1-10(2)12(4)15-14(16)9-17-13-8-6-5-7-11(13)3/h5-8,10,12H,9H2,1-4H3,(H,15,16). The molecule has 0 aliphatic carbocycles. The van der Waals surface area contributed by atoms with Crippen LogP contribution in [-0.2, 0) is 4.79 Å². The number of carbonyl (C=O) groups is 1. The van der Waals surface area contributed by atoms with E-state index in [0.29, 0.717) is 5.92 Å². The van der Waals surface area contributed by atoms with Gasteiger partial charge in [0.2, 0.25) is 0 Å². The van der Waals surface area contributed by atoms with Crippen molar-refractivity contribution in [1.82, 2.24) is 5.32 Å². The average Bonchev–Trinajstić information content (AvgIpc) is 2.27. The van der Waals surface area contributed by atoms with E-state index >= 15 is 0 Å². The van der Waals surface area contributed by atoms with Crippen molar-refractivity contribution in [3.05, 3.63) is 29.8 Å². The molecule has 0 aliphatic rings. The zero-order valence-electron chi connectivity index (χ0n) is 11.0. The van der Waals surface area contributed by atoms with Gasteiger partial charge < -0.3 is 10.1 Å². The minimum Gasteiger partial charge on any atom is -0.484 e. The van der Waals surface area contributed by atoms with Crippen molar-refractivity contribution >= 4 is 5.91 Å². The van der Waals surface area contributed by atoms with Gasteiger partial charge in [-0.25, -0.2) is 0 Å². The second-order valence-corrected chi connectivity index (χ2v) is 4.65. The third-order valence-corrected chi connectivity index (χ3v) is 2.84. The van der Waals surface area contributed by atoms with Gasteiger partial charge in [0.05, 0.1) is 0 Å². The molecule has 0 fully saturated rings. The molecule has 1 aromatic rings. The third kappa shape index (κ3) is 4.47. The number of carbonyl (C=O) groups excluding carboxylic acids is 1. The predicted molar refractivity (Wildman–Crippen MR) is 69.1 cm³/mol. The van der Waals surface area contributed by atoms with E-state index < -0.39 is 0 Å². The monoisotopic (exact) mass is 235 g/mol. The first-order chi connectivity index (χ1) is 8.00. The normalized spacial score (nSPS) is 12.3. The van der Waals surface area contributed by atoms with Crippen LogP contribution in [0.2, 0.25) is 0 Å². The molecule has 3 nitrogen and oxygen atoms in total. The maximum absolute atomic E-state index is 11.6. The highest BCUT2D eigenvalue weighted by Crippen LogP contribution is 2.15. The van der Waals surface area contributed by atoms with Crippen LogP contribution in [0.25, 0.3) is 0 Å². The number of hydrogen-bond donors (Lipinski definition) is 1. The average molecular weight is 235 g/mol. The number of ether oxygens (including phenoxy) is 1. The van der Waals surface area contributed by atoms with E-state index in [1.165, 1.54) is 0 Å². The molecule has 94 valence electrons. The van der Waals surface area contributed by atoms with Crippen molar-refractivity contribution in [2.75, 3.05) is 6.61 Å². The van der Waals surface area contributed by atoms with Crippen LogP contribution in [0.3, 0.4) is 0 Å². The van der Waals surface area contributed by atoms with Crippen LogP contribution < -0.4 is 10.1 Å². The second kappa shape index (κ2) is 6.28. The molecule has 1 amide bonds. The quantitative estimate of drug-likeness (QED) is 0.851. The van der Waals surface area contributed by atoms with Crippen molar-refractivity contribution in [2.45, 2.75) is 33.7 Å². The lowest BCUT2D eigenvalue weighted by atomic mass is 10.1. The van der Waals surface area contributed by atoms with Crippen LogP contribution >= 0.6 is 0 Å². The molecule has 0 aromatic heterocycles. The van der Waals surface area contributed by atoms with E-state index in [-0.39, 0.29) is 18.6 Å². The topological polar surface area (TPSA) is 38.3 Å². The number of hydrogen-bond acceptors (Lipinski definition) is 2. The van der Waals surface area contributed by atoms with Gasteiger partial charge in [-0.2, -0.15) is 0 Å². The van der Waals surface area contributed by atoms with Crippen LogP contribution in [0, 0.1) is 12.8 Å². The van der Waals surface area contributed by atoms with Crippen molar-refractivity contribution in [3.63, 3.8) is 0 Å². The molecule has 3 heteroatoms. The Morgan fingerprint density at radius 2 is 1.94 bits per heavy atom.